The van der Waals surface area contributed by atoms with Crippen LogP contribution >= 0.6 is 0 Å². The summed E-state index contributed by atoms with van der Waals surface area (Å²) in [5.41, 5.74) is 1.16. The first-order valence-corrected chi connectivity index (χ1v) is 6.77. The Morgan fingerprint density at radius 2 is 2.16 bits per heavy atom. The number of carbonyl (C=O) groups is 1. The average molecular weight is 265 g/mol. The molecular formula is C15H20FNO2. The molecule has 1 amide bonds. The second-order valence-corrected chi connectivity index (χ2v) is 5.30. The van der Waals surface area contributed by atoms with Crippen molar-refractivity contribution in [3.8, 4) is 0 Å². The van der Waals surface area contributed by atoms with Gasteiger partial charge in [-0.15, -0.1) is 0 Å². The molecule has 1 aromatic rings. The van der Waals surface area contributed by atoms with E-state index in [-0.39, 0.29) is 18.3 Å². The summed E-state index contributed by atoms with van der Waals surface area (Å²) in [6.07, 6.45) is 3.20. The summed E-state index contributed by atoms with van der Waals surface area (Å²) in [7, 11) is 0. The minimum atomic E-state index is -0.329. The van der Waals surface area contributed by atoms with Crippen LogP contribution in [0, 0.1) is 24.6 Å². The van der Waals surface area contributed by atoms with Crippen molar-refractivity contribution in [1.29, 1.82) is 0 Å². The zero-order valence-electron chi connectivity index (χ0n) is 11.2. The summed E-state index contributed by atoms with van der Waals surface area (Å²) in [6, 6.07) is 4.17. The Labute approximate surface area is 112 Å². The molecule has 2 atom stereocenters. The van der Waals surface area contributed by atoms with Gasteiger partial charge in [0.25, 0.3) is 5.91 Å². The molecule has 104 valence electrons. The fraction of sp³-hybridized carbons (Fsp3) is 0.533. The topological polar surface area (TPSA) is 49.3 Å². The van der Waals surface area contributed by atoms with E-state index in [1.807, 2.05) is 0 Å². The van der Waals surface area contributed by atoms with Crippen molar-refractivity contribution in [2.75, 3.05) is 13.2 Å². The quantitative estimate of drug-likeness (QED) is 0.877. The van der Waals surface area contributed by atoms with Crippen LogP contribution in [0.15, 0.2) is 18.2 Å². The Bertz CT molecular complexity index is 461. The van der Waals surface area contributed by atoms with Crippen LogP contribution in [-0.4, -0.2) is 24.2 Å². The van der Waals surface area contributed by atoms with Crippen molar-refractivity contribution < 1.29 is 14.3 Å². The Balaban J connectivity index is 1.94. The molecule has 1 aliphatic rings. The van der Waals surface area contributed by atoms with Crippen molar-refractivity contribution in [2.24, 2.45) is 11.8 Å². The molecule has 2 unspecified atom stereocenters. The van der Waals surface area contributed by atoms with Gasteiger partial charge in [-0.25, -0.2) is 4.39 Å². The first-order valence-electron chi connectivity index (χ1n) is 6.77. The number of aliphatic hydroxyl groups is 1. The predicted molar refractivity (Wildman–Crippen MR) is 71.4 cm³/mol. The largest absolute Gasteiger partial charge is 0.396 e. The highest BCUT2D eigenvalue weighted by Gasteiger charge is 2.26. The summed E-state index contributed by atoms with van der Waals surface area (Å²) < 4.78 is 13.0. The molecular weight excluding hydrogens is 245 g/mol. The Morgan fingerprint density at radius 3 is 2.84 bits per heavy atom. The summed E-state index contributed by atoms with van der Waals surface area (Å²) in [4.78, 5) is 12.0. The van der Waals surface area contributed by atoms with Crippen molar-refractivity contribution in [3.63, 3.8) is 0 Å². The van der Waals surface area contributed by atoms with Gasteiger partial charge < -0.3 is 10.4 Å². The molecule has 4 heteroatoms. The molecule has 1 aliphatic carbocycles. The second-order valence-electron chi connectivity index (χ2n) is 5.30. The number of aliphatic hydroxyl groups excluding tert-OH is 1. The number of aryl methyl sites for hydroxylation is 1. The fourth-order valence-electron chi connectivity index (χ4n) is 2.82. The molecule has 0 spiro atoms. The highest BCUT2D eigenvalue weighted by Crippen LogP contribution is 2.30. The smallest absolute Gasteiger partial charge is 0.251 e. The van der Waals surface area contributed by atoms with E-state index < -0.39 is 0 Å². The van der Waals surface area contributed by atoms with Gasteiger partial charge in [0.1, 0.15) is 5.82 Å². The lowest BCUT2D eigenvalue weighted by molar-refractivity contribution is 0.0937. The van der Waals surface area contributed by atoms with E-state index in [4.69, 9.17) is 0 Å². The zero-order chi connectivity index (χ0) is 13.8. The lowest BCUT2D eigenvalue weighted by Crippen LogP contribution is -2.32. The van der Waals surface area contributed by atoms with Crippen molar-refractivity contribution >= 4 is 5.91 Å². The lowest BCUT2D eigenvalue weighted by Gasteiger charge is -2.18. The molecule has 0 saturated heterocycles. The van der Waals surface area contributed by atoms with Gasteiger partial charge in [0.15, 0.2) is 0 Å². The standard InChI is InChI=1S/C15H20FNO2/c1-10-7-13(16)5-6-14(10)15(19)17-8-11-3-2-4-12(11)9-18/h5-7,11-12,18H,2-4,8-9H2,1H3,(H,17,19). The third-order valence-electron chi connectivity index (χ3n) is 4.01. The first kappa shape index (κ1) is 14.0. The molecule has 2 N–H and O–H groups in total. The Kier molecular flexibility index (Phi) is 4.53. The van der Waals surface area contributed by atoms with Gasteiger partial charge in [-0.1, -0.05) is 6.42 Å². The number of rotatable bonds is 4. The average Bonchev–Trinajstić information content (AvgIpc) is 2.83. The Hall–Kier alpha value is -1.42. The lowest BCUT2D eigenvalue weighted by atomic mass is 9.97. The van der Waals surface area contributed by atoms with Crippen LogP contribution in [-0.2, 0) is 0 Å². The van der Waals surface area contributed by atoms with Crippen LogP contribution in [0.25, 0.3) is 0 Å². The molecule has 2 rings (SSSR count). The third-order valence-corrected chi connectivity index (χ3v) is 4.01. The van der Waals surface area contributed by atoms with Crippen molar-refractivity contribution in [1.82, 2.24) is 5.32 Å². The maximum atomic E-state index is 13.0. The van der Waals surface area contributed by atoms with Gasteiger partial charge in [0.05, 0.1) is 0 Å². The van der Waals surface area contributed by atoms with E-state index in [1.54, 1.807) is 6.92 Å². The molecule has 1 saturated carbocycles. The van der Waals surface area contributed by atoms with Crippen LogP contribution in [0.4, 0.5) is 4.39 Å². The molecule has 0 radical (unpaired) electrons. The third kappa shape index (κ3) is 3.32. The number of hydrogen-bond acceptors (Lipinski definition) is 2. The number of amides is 1. The van der Waals surface area contributed by atoms with E-state index >= 15 is 0 Å². The number of hydrogen-bond donors (Lipinski definition) is 2. The molecule has 3 nitrogen and oxygen atoms in total. The highest BCUT2D eigenvalue weighted by atomic mass is 19.1. The van der Waals surface area contributed by atoms with Gasteiger partial charge >= 0.3 is 0 Å². The minimum Gasteiger partial charge on any atom is -0.396 e. The van der Waals surface area contributed by atoms with E-state index in [9.17, 15) is 14.3 Å². The monoisotopic (exact) mass is 265 g/mol. The normalized spacial score (nSPS) is 22.5. The molecule has 1 aromatic carbocycles. The molecule has 0 bridgehead atoms. The number of benzene rings is 1. The van der Waals surface area contributed by atoms with Gasteiger partial charge in [-0.3, -0.25) is 4.79 Å². The summed E-state index contributed by atoms with van der Waals surface area (Å²) >= 11 is 0. The van der Waals surface area contributed by atoms with Crippen LogP contribution in [0.3, 0.4) is 0 Å². The van der Waals surface area contributed by atoms with Gasteiger partial charge in [0.2, 0.25) is 0 Å². The van der Waals surface area contributed by atoms with E-state index in [1.165, 1.54) is 18.2 Å². The molecule has 0 heterocycles. The summed E-state index contributed by atoms with van der Waals surface area (Å²) in [5.74, 6) is 0.163. The van der Waals surface area contributed by atoms with E-state index in [0.29, 0.717) is 29.5 Å². The van der Waals surface area contributed by atoms with Gasteiger partial charge in [-0.05, 0) is 55.4 Å². The van der Waals surface area contributed by atoms with Crippen molar-refractivity contribution in [2.45, 2.75) is 26.2 Å². The second kappa shape index (κ2) is 6.15. The molecule has 0 aromatic heterocycles. The first-order chi connectivity index (χ1) is 9.11. The number of carbonyl (C=O) groups excluding carboxylic acids is 1. The van der Waals surface area contributed by atoms with Gasteiger partial charge in [-0.2, -0.15) is 0 Å². The van der Waals surface area contributed by atoms with E-state index in [0.717, 1.165) is 19.3 Å². The summed E-state index contributed by atoms with van der Waals surface area (Å²) in [5, 5.41) is 12.1. The molecule has 0 aliphatic heterocycles. The van der Waals surface area contributed by atoms with Crippen LogP contribution in [0.2, 0.25) is 0 Å². The zero-order valence-corrected chi connectivity index (χ0v) is 11.2. The molecule has 19 heavy (non-hydrogen) atoms. The van der Waals surface area contributed by atoms with Crippen LogP contribution < -0.4 is 5.32 Å². The Morgan fingerprint density at radius 1 is 1.42 bits per heavy atom. The van der Waals surface area contributed by atoms with Crippen LogP contribution in [0.5, 0.6) is 0 Å². The number of halogens is 1. The minimum absolute atomic E-state index is 0.166. The van der Waals surface area contributed by atoms with Gasteiger partial charge in [0, 0.05) is 18.7 Å². The fourth-order valence-corrected chi connectivity index (χ4v) is 2.82. The number of nitrogens with one attached hydrogen (secondary N) is 1. The SMILES string of the molecule is Cc1cc(F)ccc1C(=O)NCC1CCCC1CO. The maximum Gasteiger partial charge on any atom is 0.251 e. The van der Waals surface area contributed by atoms with E-state index in [2.05, 4.69) is 5.32 Å². The van der Waals surface area contributed by atoms with Crippen LogP contribution in [0.1, 0.15) is 35.2 Å². The summed E-state index contributed by atoms with van der Waals surface area (Å²) in [6.45, 7) is 2.50. The maximum absolute atomic E-state index is 13.0. The highest BCUT2D eigenvalue weighted by molar-refractivity contribution is 5.95. The predicted octanol–water partition coefficient (Wildman–Crippen LogP) is 2.27. The molecule has 1 fully saturated rings. The van der Waals surface area contributed by atoms with Crippen molar-refractivity contribution in [3.05, 3.63) is 35.1 Å².